The van der Waals surface area contributed by atoms with Gasteiger partial charge in [0.05, 0.1) is 30.3 Å². The van der Waals surface area contributed by atoms with Crippen LogP contribution in [0.1, 0.15) is 50.7 Å². The summed E-state index contributed by atoms with van der Waals surface area (Å²) in [6.07, 6.45) is 3.92. The SMILES string of the molecule is CC(C)(C)c1cc(-c2ccc(Cl)cc2)nn2cc(C(=O)N3CCN(C(=O)/C(N)=C/C=N)CC3(C)C)nc12.CF. The van der Waals surface area contributed by atoms with E-state index in [-0.39, 0.29) is 22.9 Å². The van der Waals surface area contributed by atoms with Crippen LogP contribution in [0.3, 0.4) is 0 Å². The highest BCUT2D eigenvalue weighted by molar-refractivity contribution is 6.30. The van der Waals surface area contributed by atoms with Gasteiger partial charge in [-0.1, -0.05) is 44.5 Å². The first kappa shape index (κ1) is 29.8. The van der Waals surface area contributed by atoms with E-state index in [1.165, 1.54) is 6.08 Å². The van der Waals surface area contributed by atoms with Gasteiger partial charge in [0.2, 0.25) is 0 Å². The molecule has 0 spiro atoms. The van der Waals surface area contributed by atoms with Crippen LogP contribution < -0.4 is 5.73 Å². The second-order valence-corrected chi connectivity index (χ2v) is 11.3. The number of hydrogen-bond donors (Lipinski definition) is 2. The molecule has 0 radical (unpaired) electrons. The first-order valence-electron chi connectivity index (χ1n) is 12.4. The zero-order chi connectivity index (χ0) is 29.1. The third-order valence-electron chi connectivity index (χ3n) is 6.54. The first-order chi connectivity index (χ1) is 18.3. The number of imidazole rings is 1. The van der Waals surface area contributed by atoms with E-state index < -0.39 is 5.54 Å². The quantitative estimate of drug-likeness (QED) is 0.363. The normalized spacial score (nSPS) is 15.5. The number of carbonyl (C=O) groups is 2. The number of carbonyl (C=O) groups excluding carboxylic acids is 2. The van der Waals surface area contributed by atoms with Crippen LogP contribution in [0.15, 0.2) is 48.3 Å². The maximum atomic E-state index is 13.7. The van der Waals surface area contributed by atoms with Gasteiger partial charge in [-0.05, 0) is 43.5 Å². The lowest BCUT2D eigenvalue weighted by Gasteiger charge is -2.46. The van der Waals surface area contributed by atoms with E-state index >= 15 is 0 Å². The average Bonchev–Trinajstić information content (AvgIpc) is 3.32. The van der Waals surface area contributed by atoms with E-state index in [4.69, 9.17) is 32.8 Å². The molecule has 1 saturated heterocycles. The Labute approximate surface area is 233 Å². The second-order valence-electron chi connectivity index (χ2n) is 10.9. The van der Waals surface area contributed by atoms with Gasteiger partial charge in [-0.2, -0.15) is 5.10 Å². The Morgan fingerprint density at radius 3 is 2.36 bits per heavy atom. The third kappa shape index (κ3) is 6.27. The number of nitrogens with zero attached hydrogens (tertiary/aromatic N) is 5. The van der Waals surface area contributed by atoms with Gasteiger partial charge in [0.15, 0.2) is 5.65 Å². The van der Waals surface area contributed by atoms with Crippen molar-refractivity contribution in [1.29, 1.82) is 5.41 Å². The highest BCUT2D eigenvalue weighted by Crippen LogP contribution is 2.31. The van der Waals surface area contributed by atoms with Crippen LogP contribution >= 0.6 is 11.6 Å². The molecule has 1 aromatic carbocycles. The molecule has 3 heterocycles. The highest BCUT2D eigenvalue weighted by Gasteiger charge is 2.40. The van der Waals surface area contributed by atoms with Crippen molar-refractivity contribution >= 4 is 35.3 Å². The predicted molar refractivity (Wildman–Crippen MR) is 152 cm³/mol. The van der Waals surface area contributed by atoms with Gasteiger partial charge in [-0.15, -0.1) is 0 Å². The third-order valence-corrected chi connectivity index (χ3v) is 6.79. The smallest absolute Gasteiger partial charge is 0.274 e. The highest BCUT2D eigenvalue weighted by atomic mass is 35.5. The predicted octanol–water partition coefficient (Wildman–Crippen LogP) is 4.49. The molecule has 0 aliphatic carbocycles. The zero-order valence-corrected chi connectivity index (χ0v) is 23.9. The maximum Gasteiger partial charge on any atom is 0.274 e. The number of allylic oxidation sites excluding steroid dienone is 1. The number of rotatable bonds is 4. The molecule has 2 amide bonds. The molecular formula is C28H35ClFN7O2. The topological polar surface area (TPSA) is 121 Å². The summed E-state index contributed by atoms with van der Waals surface area (Å²) in [4.78, 5) is 34.4. The van der Waals surface area contributed by atoms with E-state index in [2.05, 4.69) is 20.8 Å². The van der Waals surface area contributed by atoms with Gasteiger partial charge in [0.1, 0.15) is 5.69 Å². The van der Waals surface area contributed by atoms with Crippen LogP contribution in [-0.2, 0) is 10.2 Å². The summed E-state index contributed by atoms with van der Waals surface area (Å²) >= 11 is 6.07. The Bertz CT molecular complexity index is 1410. The Kier molecular flexibility index (Phi) is 8.80. The zero-order valence-electron chi connectivity index (χ0n) is 23.1. The van der Waals surface area contributed by atoms with Crippen molar-refractivity contribution in [3.05, 3.63) is 64.6 Å². The molecule has 39 heavy (non-hydrogen) atoms. The van der Waals surface area contributed by atoms with E-state index in [9.17, 15) is 14.0 Å². The van der Waals surface area contributed by atoms with E-state index in [0.29, 0.717) is 43.2 Å². The fourth-order valence-corrected chi connectivity index (χ4v) is 4.71. The average molecular weight is 556 g/mol. The molecule has 9 nitrogen and oxygen atoms in total. The van der Waals surface area contributed by atoms with Crippen LogP contribution in [0.25, 0.3) is 16.9 Å². The molecule has 4 rings (SSSR count). The molecule has 208 valence electrons. The van der Waals surface area contributed by atoms with Crippen LogP contribution in [0.5, 0.6) is 0 Å². The number of aromatic nitrogens is 3. The molecule has 11 heteroatoms. The fourth-order valence-electron chi connectivity index (χ4n) is 4.58. The molecule has 3 aromatic rings. The summed E-state index contributed by atoms with van der Waals surface area (Å²) < 4.78 is 11.2. The van der Waals surface area contributed by atoms with Gasteiger partial charge >= 0.3 is 0 Å². The van der Waals surface area contributed by atoms with Gasteiger partial charge in [-0.25, -0.2) is 9.50 Å². The van der Waals surface area contributed by atoms with Crippen molar-refractivity contribution in [2.45, 2.75) is 45.6 Å². The Balaban J connectivity index is 0.00000205. The fraction of sp³-hybridized carbons (Fsp3) is 0.393. The van der Waals surface area contributed by atoms with E-state index in [0.717, 1.165) is 23.0 Å². The summed E-state index contributed by atoms with van der Waals surface area (Å²) in [5.74, 6) is -0.566. The standard InChI is InChI=1S/C27H32ClN7O2.CH3F/c1-26(2,3)19-14-21(17-6-8-18(28)9-7-17)32-35-15-22(31-23(19)35)25(37)34-13-12-33(16-27(34,4)5)24(36)20(30)10-11-29;1-2/h6-11,14-15,29H,12-13,16,30H2,1-5H3;1H3/b20-10-,29-11?;. The van der Waals surface area contributed by atoms with Gasteiger partial charge in [0, 0.05) is 42.0 Å². The molecule has 0 atom stereocenters. The number of hydrogen-bond acceptors (Lipinski definition) is 6. The lowest BCUT2D eigenvalue weighted by atomic mass is 9.87. The molecular weight excluding hydrogens is 521 g/mol. The number of halogens is 2. The van der Waals surface area contributed by atoms with Crippen molar-refractivity contribution in [3.63, 3.8) is 0 Å². The maximum absolute atomic E-state index is 13.7. The summed E-state index contributed by atoms with van der Waals surface area (Å²) in [5.41, 5.74) is 8.47. The number of benzene rings is 1. The Hall–Kier alpha value is -3.79. The van der Waals surface area contributed by atoms with Crippen LogP contribution in [-0.4, -0.2) is 74.8 Å². The second kappa shape index (κ2) is 11.5. The van der Waals surface area contributed by atoms with Crippen LogP contribution in [0, 0.1) is 5.41 Å². The van der Waals surface area contributed by atoms with Gasteiger partial charge in [0.25, 0.3) is 11.8 Å². The molecule has 0 saturated carbocycles. The molecule has 0 bridgehead atoms. The monoisotopic (exact) mass is 555 g/mol. The number of nitrogens with one attached hydrogen (secondary N) is 1. The summed E-state index contributed by atoms with van der Waals surface area (Å²) in [7, 11) is 0.500. The van der Waals surface area contributed by atoms with Crippen molar-refractivity contribution in [1.82, 2.24) is 24.4 Å². The minimum atomic E-state index is -0.652. The van der Waals surface area contributed by atoms with Crippen molar-refractivity contribution in [2.24, 2.45) is 5.73 Å². The Morgan fingerprint density at radius 2 is 1.79 bits per heavy atom. The van der Waals surface area contributed by atoms with Gasteiger partial charge in [-0.3, -0.25) is 14.0 Å². The Morgan fingerprint density at radius 1 is 1.15 bits per heavy atom. The lowest BCUT2D eigenvalue weighted by Crippen LogP contribution is -2.62. The molecule has 1 aliphatic rings. The van der Waals surface area contributed by atoms with Crippen molar-refractivity contribution in [2.75, 3.05) is 26.8 Å². The number of alkyl halides is 1. The van der Waals surface area contributed by atoms with Crippen LogP contribution in [0.4, 0.5) is 4.39 Å². The minimum absolute atomic E-state index is 0.00297. The number of piperazine rings is 1. The van der Waals surface area contributed by atoms with E-state index in [1.54, 1.807) is 20.5 Å². The summed E-state index contributed by atoms with van der Waals surface area (Å²) in [6, 6.07) is 9.49. The van der Waals surface area contributed by atoms with E-state index in [1.807, 2.05) is 44.2 Å². The molecule has 0 unspecified atom stereocenters. The molecule has 2 aromatic heterocycles. The lowest BCUT2D eigenvalue weighted by molar-refractivity contribution is -0.131. The van der Waals surface area contributed by atoms with Crippen molar-refractivity contribution < 1.29 is 14.0 Å². The number of amides is 2. The van der Waals surface area contributed by atoms with Crippen LogP contribution in [0.2, 0.25) is 5.02 Å². The first-order valence-corrected chi connectivity index (χ1v) is 12.8. The summed E-state index contributed by atoms with van der Waals surface area (Å²) in [5, 5.41) is 12.5. The number of fused-ring (bicyclic) bond motifs is 1. The minimum Gasteiger partial charge on any atom is -0.394 e. The number of nitrogens with two attached hydrogens (primary N) is 1. The largest absolute Gasteiger partial charge is 0.394 e. The molecule has 1 fully saturated rings. The van der Waals surface area contributed by atoms with Gasteiger partial charge < -0.3 is 20.9 Å². The molecule has 3 N–H and O–H groups in total. The molecule has 1 aliphatic heterocycles. The van der Waals surface area contributed by atoms with Crippen molar-refractivity contribution in [3.8, 4) is 11.3 Å². The summed E-state index contributed by atoms with van der Waals surface area (Å²) in [6.45, 7) is 11.1.